The summed E-state index contributed by atoms with van der Waals surface area (Å²) in [5, 5.41) is 7.49. The first-order valence-electron chi connectivity index (χ1n) is 5.55. The van der Waals surface area contributed by atoms with Gasteiger partial charge in [-0.15, -0.1) is 0 Å². The van der Waals surface area contributed by atoms with E-state index in [0.29, 0.717) is 6.42 Å². The first-order chi connectivity index (χ1) is 8.18. The van der Waals surface area contributed by atoms with Crippen LogP contribution in [0.5, 0.6) is 0 Å². The molecule has 0 fully saturated rings. The second-order valence-corrected chi connectivity index (χ2v) is 4.04. The Kier molecular flexibility index (Phi) is 3.23. The number of nitrogens with two attached hydrogens (primary N) is 1. The van der Waals surface area contributed by atoms with Crippen molar-refractivity contribution in [2.75, 3.05) is 0 Å². The zero-order chi connectivity index (χ0) is 12.3. The summed E-state index contributed by atoms with van der Waals surface area (Å²) < 4.78 is 2.05. The second-order valence-electron chi connectivity index (χ2n) is 4.04. The Balaban J connectivity index is 2.39. The molecule has 1 unspecified atom stereocenters. The number of benzene rings is 1. The van der Waals surface area contributed by atoms with E-state index in [-0.39, 0.29) is 11.9 Å². The fourth-order valence-electron chi connectivity index (χ4n) is 1.98. The summed E-state index contributed by atoms with van der Waals surface area (Å²) in [6.07, 6.45) is 4.20. The first-order valence-corrected chi connectivity index (χ1v) is 5.55. The van der Waals surface area contributed by atoms with Crippen molar-refractivity contribution < 1.29 is 0 Å². The van der Waals surface area contributed by atoms with Crippen molar-refractivity contribution in [3.8, 4) is 0 Å². The van der Waals surface area contributed by atoms with Gasteiger partial charge < -0.3 is 10.3 Å². The SMILES string of the molecule is Cc1nccn1C(CC(=N)N)c1ccccc1. The average molecular weight is 228 g/mol. The van der Waals surface area contributed by atoms with Crippen LogP contribution in [0.3, 0.4) is 0 Å². The van der Waals surface area contributed by atoms with Crippen molar-refractivity contribution in [3.05, 3.63) is 54.1 Å². The van der Waals surface area contributed by atoms with E-state index in [4.69, 9.17) is 11.1 Å². The van der Waals surface area contributed by atoms with Crippen LogP contribution in [0.15, 0.2) is 42.7 Å². The lowest BCUT2D eigenvalue weighted by molar-refractivity contribution is 0.585. The molecule has 1 aromatic carbocycles. The van der Waals surface area contributed by atoms with Gasteiger partial charge in [0.25, 0.3) is 0 Å². The molecule has 0 aliphatic heterocycles. The third-order valence-electron chi connectivity index (χ3n) is 2.80. The molecule has 0 aliphatic rings. The third-order valence-corrected chi connectivity index (χ3v) is 2.80. The zero-order valence-corrected chi connectivity index (χ0v) is 9.80. The van der Waals surface area contributed by atoms with Gasteiger partial charge >= 0.3 is 0 Å². The van der Waals surface area contributed by atoms with Crippen LogP contribution >= 0.6 is 0 Å². The van der Waals surface area contributed by atoms with Gasteiger partial charge in [0.1, 0.15) is 5.82 Å². The Morgan fingerprint density at radius 2 is 2.12 bits per heavy atom. The summed E-state index contributed by atoms with van der Waals surface area (Å²) in [7, 11) is 0. The summed E-state index contributed by atoms with van der Waals surface area (Å²) in [5.74, 6) is 1.12. The highest BCUT2D eigenvalue weighted by molar-refractivity contribution is 5.77. The molecule has 0 aliphatic carbocycles. The van der Waals surface area contributed by atoms with Gasteiger partial charge in [0.2, 0.25) is 0 Å². The average Bonchev–Trinajstić information content (AvgIpc) is 2.73. The lowest BCUT2D eigenvalue weighted by Gasteiger charge is -2.19. The van der Waals surface area contributed by atoms with Crippen LogP contribution in [0.25, 0.3) is 0 Å². The van der Waals surface area contributed by atoms with Crippen molar-refractivity contribution in [2.45, 2.75) is 19.4 Å². The van der Waals surface area contributed by atoms with Gasteiger partial charge in [-0.3, -0.25) is 5.41 Å². The smallest absolute Gasteiger partial charge is 0.106 e. The Labute approximate surface area is 101 Å². The van der Waals surface area contributed by atoms with Crippen LogP contribution in [0.1, 0.15) is 23.9 Å². The molecule has 3 N–H and O–H groups in total. The minimum atomic E-state index is 0.0520. The standard InChI is InChI=1S/C13H16N4/c1-10-16-7-8-17(10)12(9-13(14)15)11-5-3-2-4-6-11/h2-8,12H,9H2,1H3,(H3,14,15). The van der Waals surface area contributed by atoms with Crippen LogP contribution in [0.2, 0.25) is 0 Å². The number of hydrogen-bond acceptors (Lipinski definition) is 2. The molecule has 0 radical (unpaired) electrons. The topological polar surface area (TPSA) is 67.7 Å². The maximum atomic E-state index is 7.49. The zero-order valence-electron chi connectivity index (χ0n) is 9.80. The van der Waals surface area contributed by atoms with Gasteiger partial charge in [0.05, 0.1) is 11.9 Å². The molecular weight excluding hydrogens is 212 g/mol. The summed E-state index contributed by atoms with van der Waals surface area (Å²) in [4.78, 5) is 4.22. The molecule has 4 heteroatoms. The largest absolute Gasteiger partial charge is 0.388 e. The Bertz CT molecular complexity index is 501. The fraction of sp³-hybridized carbons (Fsp3) is 0.231. The quantitative estimate of drug-likeness (QED) is 0.621. The minimum Gasteiger partial charge on any atom is -0.388 e. The van der Waals surface area contributed by atoms with Crippen LogP contribution in [-0.2, 0) is 0 Å². The molecule has 2 aromatic rings. The van der Waals surface area contributed by atoms with Crippen molar-refractivity contribution in [2.24, 2.45) is 5.73 Å². The normalized spacial score (nSPS) is 12.3. The number of imidazole rings is 1. The molecule has 1 heterocycles. The highest BCUT2D eigenvalue weighted by Crippen LogP contribution is 2.22. The van der Waals surface area contributed by atoms with Gasteiger partial charge in [0.15, 0.2) is 0 Å². The number of nitrogens with zero attached hydrogens (tertiary/aromatic N) is 2. The molecule has 0 amide bonds. The lowest BCUT2D eigenvalue weighted by atomic mass is 10.0. The Hall–Kier alpha value is -2.10. The van der Waals surface area contributed by atoms with Crippen molar-refractivity contribution in [1.29, 1.82) is 5.41 Å². The van der Waals surface area contributed by atoms with Crippen molar-refractivity contribution in [3.63, 3.8) is 0 Å². The van der Waals surface area contributed by atoms with Gasteiger partial charge in [-0.25, -0.2) is 4.98 Å². The predicted molar refractivity (Wildman–Crippen MR) is 68.1 cm³/mol. The van der Waals surface area contributed by atoms with E-state index in [1.807, 2.05) is 43.5 Å². The molecule has 1 aromatic heterocycles. The van der Waals surface area contributed by atoms with Crippen molar-refractivity contribution in [1.82, 2.24) is 9.55 Å². The second kappa shape index (κ2) is 4.82. The van der Waals surface area contributed by atoms with Gasteiger partial charge in [-0.1, -0.05) is 30.3 Å². The molecule has 0 saturated heterocycles. The van der Waals surface area contributed by atoms with E-state index in [9.17, 15) is 0 Å². The highest BCUT2D eigenvalue weighted by Gasteiger charge is 2.15. The van der Waals surface area contributed by atoms with Crippen LogP contribution in [0, 0.1) is 12.3 Å². The van der Waals surface area contributed by atoms with E-state index in [0.717, 1.165) is 11.4 Å². The Morgan fingerprint density at radius 3 is 2.65 bits per heavy atom. The van der Waals surface area contributed by atoms with Gasteiger partial charge in [0, 0.05) is 18.8 Å². The van der Waals surface area contributed by atoms with Gasteiger partial charge in [-0.05, 0) is 12.5 Å². The third kappa shape index (κ3) is 2.53. The maximum Gasteiger partial charge on any atom is 0.106 e. The van der Waals surface area contributed by atoms with E-state index >= 15 is 0 Å². The number of rotatable bonds is 4. The van der Waals surface area contributed by atoms with Crippen LogP contribution in [-0.4, -0.2) is 15.4 Å². The number of nitrogens with one attached hydrogen (secondary N) is 1. The number of aryl methyl sites for hydroxylation is 1. The fourth-order valence-corrected chi connectivity index (χ4v) is 1.98. The number of amidine groups is 1. The molecule has 2 rings (SSSR count). The van der Waals surface area contributed by atoms with Crippen molar-refractivity contribution >= 4 is 5.84 Å². The van der Waals surface area contributed by atoms with E-state index in [1.165, 1.54) is 0 Å². The first kappa shape index (κ1) is 11.4. The van der Waals surface area contributed by atoms with E-state index in [2.05, 4.69) is 9.55 Å². The Morgan fingerprint density at radius 1 is 1.41 bits per heavy atom. The van der Waals surface area contributed by atoms with Gasteiger partial charge in [-0.2, -0.15) is 0 Å². The molecule has 0 spiro atoms. The summed E-state index contributed by atoms with van der Waals surface area (Å²) >= 11 is 0. The van der Waals surface area contributed by atoms with E-state index in [1.54, 1.807) is 6.20 Å². The maximum absolute atomic E-state index is 7.49. The monoisotopic (exact) mass is 228 g/mol. The molecular formula is C13H16N4. The molecule has 88 valence electrons. The minimum absolute atomic E-state index is 0.0520. The molecule has 4 nitrogen and oxygen atoms in total. The predicted octanol–water partition coefficient (Wildman–Crippen LogP) is 2.11. The van der Waals surface area contributed by atoms with Crippen LogP contribution in [0.4, 0.5) is 0 Å². The summed E-state index contributed by atoms with van der Waals surface area (Å²) in [6.45, 7) is 1.95. The molecule has 0 bridgehead atoms. The molecule has 0 saturated carbocycles. The lowest BCUT2D eigenvalue weighted by Crippen LogP contribution is -2.20. The summed E-state index contributed by atoms with van der Waals surface area (Å²) in [5.41, 5.74) is 6.68. The summed E-state index contributed by atoms with van der Waals surface area (Å²) in [6, 6.07) is 10.1. The molecule has 17 heavy (non-hydrogen) atoms. The van der Waals surface area contributed by atoms with Crippen LogP contribution < -0.4 is 5.73 Å². The van der Waals surface area contributed by atoms with E-state index < -0.39 is 0 Å². The number of hydrogen-bond donors (Lipinski definition) is 2. The number of aromatic nitrogens is 2. The molecule has 1 atom stereocenters. The highest BCUT2D eigenvalue weighted by atomic mass is 15.1.